The number of ketones is 1. The first-order chi connectivity index (χ1) is 13.6. The van der Waals surface area contributed by atoms with Crippen LogP contribution in [0.25, 0.3) is 22.3 Å². The van der Waals surface area contributed by atoms with E-state index in [9.17, 15) is 4.79 Å². The largest absolute Gasteiger partial charge is 0.289 e. The highest BCUT2D eigenvalue weighted by atomic mass is 16.1. The van der Waals surface area contributed by atoms with E-state index in [0.717, 1.165) is 33.4 Å². The molecule has 0 aliphatic rings. The number of hydrogen-bond acceptors (Lipinski definition) is 1. The van der Waals surface area contributed by atoms with Crippen LogP contribution in [0.1, 0.15) is 27.0 Å². The van der Waals surface area contributed by atoms with Crippen molar-refractivity contribution in [1.82, 2.24) is 0 Å². The van der Waals surface area contributed by atoms with E-state index in [2.05, 4.69) is 55.5 Å². The van der Waals surface area contributed by atoms with E-state index in [1.165, 1.54) is 5.56 Å². The molecule has 0 amide bonds. The third-order valence-corrected chi connectivity index (χ3v) is 5.05. The Hall–Kier alpha value is -3.45. The van der Waals surface area contributed by atoms with Gasteiger partial charge in [-0.15, -0.1) is 0 Å². The van der Waals surface area contributed by atoms with Gasteiger partial charge < -0.3 is 0 Å². The molecule has 0 unspecified atom stereocenters. The molecular weight excluding hydrogens is 340 g/mol. The Bertz CT molecular complexity index is 1110. The Kier molecular flexibility index (Phi) is 4.90. The van der Waals surface area contributed by atoms with Crippen LogP contribution in [0.15, 0.2) is 97.1 Å². The second-order valence-electron chi connectivity index (χ2n) is 7.19. The molecule has 0 saturated carbocycles. The van der Waals surface area contributed by atoms with Crippen LogP contribution in [0.3, 0.4) is 0 Å². The van der Waals surface area contributed by atoms with Crippen LogP contribution in [-0.2, 0) is 0 Å². The molecule has 1 heteroatoms. The van der Waals surface area contributed by atoms with E-state index in [1.807, 2.05) is 55.5 Å². The fourth-order valence-corrected chi connectivity index (χ4v) is 3.39. The van der Waals surface area contributed by atoms with Crippen molar-refractivity contribution in [3.8, 4) is 22.3 Å². The molecule has 0 fully saturated rings. The van der Waals surface area contributed by atoms with Crippen LogP contribution in [0.4, 0.5) is 0 Å². The van der Waals surface area contributed by atoms with Crippen molar-refractivity contribution in [2.45, 2.75) is 13.8 Å². The molecule has 28 heavy (non-hydrogen) atoms. The second-order valence-corrected chi connectivity index (χ2v) is 7.19. The molecule has 0 aliphatic carbocycles. The Balaban J connectivity index is 1.87. The highest BCUT2D eigenvalue weighted by Crippen LogP contribution is 2.31. The van der Waals surface area contributed by atoms with Gasteiger partial charge in [0.15, 0.2) is 5.78 Å². The minimum absolute atomic E-state index is 0.0494. The summed E-state index contributed by atoms with van der Waals surface area (Å²) in [6, 6.07) is 32.5. The summed E-state index contributed by atoms with van der Waals surface area (Å²) in [5, 5.41) is 0. The van der Waals surface area contributed by atoms with E-state index < -0.39 is 0 Å². The molecule has 4 rings (SSSR count). The first-order valence-electron chi connectivity index (χ1n) is 9.50. The van der Waals surface area contributed by atoms with Gasteiger partial charge in [0.05, 0.1) is 0 Å². The molecule has 4 aromatic carbocycles. The molecule has 0 bridgehead atoms. The first kappa shape index (κ1) is 17.9. The zero-order valence-corrected chi connectivity index (χ0v) is 16.1. The lowest BCUT2D eigenvalue weighted by molar-refractivity contribution is 0.103. The average molecular weight is 362 g/mol. The van der Waals surface area contributed by atoms with Crippen LogP contribution in [0.2, 0.25) is 0 Å². The van der Waals surface area contributed by atoms with Gasteiger partial charge >= 0.3 is 0 Å². The molecule has 0 spiro atoms. The van der Waals surface area contributed by atoms with Gasteiger partial charge in [-0.3, -0.25) is 4.79 Å². The monoisotopic (exact) mass is 362 g/mol. The molecule has 0 N–H and O–H groups in total. The van der Waals surface area contributed by atoms with E-state index in [-0.39, 0.29) is 5.78 Å². The Morgan fingerprint density at radius 1 is 0.571 bits per heavy atom. The maximum Gasteiger partial charge on any atom is 0.193 e. The van der Waals surface area contributed by atoms with Crippen LogP contribution < -0.4 is 0 Å². The van der Waals surface area contributed by atoms with Crippen molar-refractivity contribution in [3.63, 3.8) is 0 Å². The van der Waals surface area contributed by atoms with Crippen LogP contribution >= 0.6 is 0 Å². The lowest BCUT2D eigenvalue weighted by Crippen LogP contribution is -2.04. The van der Waals surface area contributed by atoms with Crippen molar-refractivity contribution in [2.75, 3.05) is 0 Å². The normalized spacial score (nSPS) is 10.6. The van der Waals surface area contributed by atoms with Gasteiger partial charge in [-0.25, -0.2) is 0 Å². The number of carbonyl (C=O) groups is 1. The lowest BCUT2D eigenvalue weighted by Gasteiger charge is -2.13. The van der Waals surface area contributed by atoms with Gasteiger partial charge in [0, 0.05) is 11.1 Å². The predicted molar refractivity (Wildman–Crippen MR) is 117 cm³/mol. The zero-order valence-electron chi connectivity index (χ0n) is 16.1. The smallest absolute Gasteiger partial charge is 0.193 e. The van der Waals surface area contributed by atoms with Gasteiger partial charge in [0.1, 0.15) is 0 Å². The molecule has 0 atom stereocenters. The van der Waals surface area contributed by atoms with Crippen molar-refractivity contribution in [3.05, 3.63) is 119 Å². The van der Waals surface area contributed by atoms with Gasteiger partial charge in [0.25, 0.3) is 0 Å². The summed E-state index contributed by atoms with van der Waals surface area (Å²) >= 11 is 0. The quantitative estimate of drug-likeness (QED) is 0.362. The van der Waals surface area contributed by atoms with E-state index in [4.69, 9.17) is 0 Å². The Labute approximate surface area is 166 Å². The third kappa shape index (κ3) is 3.65. The standard InChI is InChI=1S/C27H22O/c1-19-8-12-22(13-9-19)25-17-16-24(21-6-4-3-5-7-21)18-26(25)27(28)23-14-10-20(2)11-15-23/h3-18H,1-2H3. The summed E-state index contributed by atoms with van der Waals surface area (Å²) in [7, 11) is 0. The van der Waals surface area contributed by atoms with Gasteiger partial charge in [-0.05, 0) is 42.2 Å². The molecule has 0 saturated heterocycles. The first-order valence-corrected chi connectivity index (χ1v) is 9.50. The van der Waals surface area contributed by atoms with Crippen molar-refractivity contribution >= 4 is 5.78 Å². The number of rotatable bonds is 4. The number of benzene rings is 4. The van der Waals surface area contributed by atoms with Gasteiger partial charge in [0.2, 0.25) is 0 Å². The third-order valence-electron chi connectivity index (χ3n) is 5.05. The maximum atomic E-state index is 13.4. The number of aryl methyl sites for hydroxylation is 2. The molecule has 4 aromatic rings. The predicted octanol–water partition coefficient (Wildman–Crippen LogP) is 6.87. The minimum atomic E-state index is 0.0494. The highest BCUT2D eigenvalue weighted by Gasteiger charge is 2.16. The second kappa shape index (κ2) is 7.66. The van der Waals surface area contributed by atoms with Crippen LogP contribution in [0, 0.1) is 13.8 Å². The SMILES string of the molecule is Cc1ccc(C(=O)c2cc(-c3ccccc3)ccc2-c2ccc(C)cc2)cc1. The molecule has 0 radical (unpaired) electrons. The van der Waals surface area contributed by atoms with Crippen LogP contribution in [-0.4, -0.2) is 5.78 Å². The topological polar surface area (TPSA) is 17.1 Å². The fraction of sp³-hybridized carbons (Fsp3) is 0.0741. The van der Waals surface area contributed by atoms with E-state index >= 15 is 0 Å². The van der Waals surface area contributed by atoms with Crippen molar-refractivity contribution < 1.29 is 4.79 Å². The van der Waals surface area contributed by atoms with E-state index in [0.29, 0.717) is 5.56 Å². The summed E-state index contributed by atoms with van der Waals surface area (Å²) < 4.78 is 0. The summed E-state index contributed by atoms with van der Waals surface area (Å²) in [6.45, 7) is 4.10. The van der Waals surface area contributed by atoms with Gasteiger partial charge in [-0.1, -0.05) is 102 Å². The highest BCUT2D eigenvalue weighted by molar-refractivity contribution is 6.13. The summed E-state index contributed by atoms with van der Waals surface area (Å²) in [6.07, 6.45) is 0. The van der Waals surface area contributed by atoms with E-state index in [1.54, 1.807) is 0 Å². The molecule has 0 aliphatic heterocycles. The average Bonchev–Trinajstić information content (AvgIpc) is 2.75. The number of hydrogen-bond donors (Lipinski definition) is 0. The molecule has 0 aromatic heterocycles. The molecule has 0 heterocycles. The molecule has 1 nitrogen and oxygen atoms in total. The Morgan fingerprint density at radius 3 is 1.79 bits per heavy atom. The van der Waals surface area contributed by atoms with Gasteiger partial charge in [-0.2, -0.15) is 0 Å². The van der Waals surface area contributed by atoms with Crippen molar-refractivity contribution in [2.24, 2.45) is 0 Å². The fourth-order valence-electron chi connectivity index (χ4n) is 3.39. The molecule has 136 valence electrons. The summed E-state index contributed by atoms with van der Waals surface area (Å²) in [5.74, 6) is 0.0494. The minimum Gasteiger partial charge on any atom is -0.289 e. The Morgan fingerprint density at radius 2 is 1.14 bits per heavy atom. The maximum absolute atomic E-state index is 13.4. The van der Waals surface area contributed by atoms with Crippen molar-refractivity contribution in [1.29, 1.82) is 0 Å². The molecular formula is C27H22O. The number of carbonyl (C=O) groups excluding carboxylic acids is 1. The summed E-state index contributed by atoms with van der Waals surface area (Å²) in [5.41, 5.74) is 7.97. The zero-order chi connectivity index (χ0) is 19.5. The summed E-state index contributed by atoms with van der Waals surface area (Å²) in [4.78, 5) is 13.4. The van der Waals surface area contributed by atoms with Crippen LogP contribution in [0.5, 0.6) is 0 Å². The lowest BCUT2D eigenvalue weighted by atomic mass is 9.90.